The third-order valence-corrected chi connectivity index (χ3v) is 7.68. The molecule has 5 rings (SSSR count). The van der Waals surface area contributed by atoms with Gasteiger partial charge in [0.2, 0.25) is 5.91 Å². The molecule has 2 aliphatic heterocycles. The minimum absolute atomic E-state index is 0.00333. The van der Waals surface area contributed by atoms with E-state index >= 15 is 0 Å². The molecule has 192 valence electrons. The van der Waals surface area contributed by atoms with E-state index in [1.54, 1.807) is 0 Å². The lowest BCUT2D eigenvalue weighted by Gasteiger charge is -2.43. The van der Waals surface area contributed by atoms with Gasteiger partial charge in [0.05, 0.1) is 6.04 Å². The monoisotopic (exact) mass is 496 g/mol. The number of anilines is 3. The molecule has 0 N–H and O–H groups in total. The van der Waals surface area contributed by atoms with E-state index in [2.05, 4.69) is 42.0 Å². The van der Waals surface area contributed by atoms with E-state index in [1.165, 1.54) is 0 Å². The Kier molecular flexibility index (Phi) is 7.28. The minimum atomic E-state index is -0.135. The van der Waals surface area contributed by atoms with Crippen LogP contribution in [0.15, 0.2) is 78.9 Å². The van der Waals surface area contributed by atoms with Gasteiger partial charge < -0.3 is 19.6 Å². The molecule has 0 spiro atoms. The van der Waals surface area contributed by atoms with Crippen LogP contribution >= 0.6 is 0 Å². The van der Waals surface area contributed by atoms with Crippen molar-refractivity contribution in [3.8, 4) is 0 Å². The number of hydrogen-bond acceptors (Lipinski definition) is 4. The number of amides is 2. The molecule has 3 aromatic carbocycles. The number of nitrogens with zero attached hydrogens (tertiary/aromatic N) is 4. The fraction of sp³-hybridized carbons (Fsp3) is 0.355. The predicted molar refractivity (Wildman–Crippen MR) is 150 cm³/mol. The summed E-state index contributed by atoms with van der Waals surface area (Å²) >= 11 is 0. The van der Waals surface area contributed by atoms with E-state index in [0.717, 1.165) is 48.8 Å². The molecule has 0 radical (unpaired) electrons. The summed E-state index contributed by atoms with van der Waals surface area (Å²) in [5.74, 6) is 0.0777. The van der Waals surface area contributed by atoms with Gasteiger partial charge in [-0.2, -0.15) is 0 Å². The molecule has 0 bridgehead atoms. The average molecular weight is 497 g/mol. The number of para-hydroxylation sites is 2. The van der Waals surface area contributed by atoms with E-state index in [-0.39, 0.29) is 23.9 Å². The van der Waals surface area contributed by atoms with E-state index in [0.29, 0.717) is 18.4 Å². The van der Waals surface area contributed by atoms with Crippen LogP contribution in [0.25, 0.3) is 0 Å². The SMILES string of the molecule is CCC(=O)N(c1ccccc1)C1CC(C)N(C(=O)c2ccc(N3CCN(C)CC3)cc2)c2ccccc21. The molecule has 0 aromatic heterocycles. The zero-order chi connectivity index (χ0) is 25.9. The molecule has 2 aliphatic rings. The van der Waals surface area contributed by atoms with Gasteiger partial charge in [-0.05, 0) is 68.4 Å². The molecule has 1 fully saturated rings. The van der Waals surface area contributed by atoms with Crippen LogP contribution in [0.5, 0.6) is 0 Å². The van der Waals surface area contributed by atoms with Gasteiger partial charge in [0.15, 0.2) is 0 Å². The maximum absolute atomic E-state index is 13.9. The summed E-state index contributed by atoms with van der Waals surface area (Å²) in [5.41, 5.74) is 4.62. The van der Waals surface area contributed by atoms with Gasteiger partial charge in [0.1, 0.15) is 0 Å². The second-order valence-electron chi connectivity index (χ2n) is 10.1. The summed E-state index contributed by atoms with van der Waals surface area (Å²) in [6, 6.07) is 25.7. The average Bonchev–Trinajstić information content (AvgIpc) is 2.94. The first-order chi connectivity index (χ1) is 18.0. The largest absolute Gasteiger partial charge is 0.369 e. The Morgan fingerprint density at radius 2 is 1.51 bits per heavy atom. The van der Waals surface area contributed by atoms with Crippen molar-refractivity contribution < 1.29 is 9.59 Å². The van der Waals surface area contributed by atoms with Crippen molar-refractivity contribution in [3.63, 3.8) is 0 Å². The van der Waals surface area contributed by atoms with Gasteiger partial charge in [-0.1, -0.05) is 43.3 Å². The lowest BCUT2D eigenvalue weighted by atomic mass is 9.89. The third kappa shape index (κ3) is 4.98. The van der Waals surface area contributed by atoms with Gasteiger partial charge in [-0.15, -0.1) is 0 Å². The van der Waals surface area contributed by atoms with Gasteiger partial charge in [-0.25, -0.2) is 0 Å². The molecule has 0 saturated carbocycles. The van der Waals surface area contributed by atoms with E-state index in [9.17, 15) is 9.59 Å². The summed E-state index contributed by atoms with van der Waals surface area (Å²) in [6.07, 6.45) is 1.09. The molecule has 6 nitrogen and oxygen atoms in total. The highest BCUT2D eigenvalue weighted by Crippen LogP contribution is 2.43. The second-order valence-corrected chi connectivity index (χ2v) is 10.1. The highest BCUT2D eigenvalue weighted by molar-refractivity contribution is 6.07. The molecular weight excluding hydrogens is 460 g/mol. The molecule has 3 aromatic rings. The second kappa shape index (κ2) is 10.8. The molecule has 1 saturated heterocycles. The van der Waals surface area contributed by atoms with Crippen LogP contribution in [-0.4, -0.2) is 56.0 Å². The Bertz CT molecular complexity index is 1240. The number of rotatable bonds is 5. The topological polar surface area (TPSA) is 47.1 Å². The zero-order valence-corrected chi connectivity index (χ0v) is 22.0. The maximum Gasteiger partial charge on any atom is 0.258 e. The van der Waals surface area contributed by atoms with Crippen molar-refractivity contribution in [1.82, 2.24) is 4.90 Å². The molecule has 2 unspecified atom stereocenters. The quantitative estimate of drug-likeness (QED) is 0.477. The summed E-state index contributed by atoms with van der Waals surface area (Å²) in [4.78, 5) is 35.6. The predicted octanol–water partition coefficient (Wildman–Crippen LogP) is 5.36. The molecule has 37 heavy (non-hydrogen) atoms. The maximum atomic E-state index is 13.9. The summed E-state index contributed by atoms with van der Waals surface area (Å²) in [5, 5.41) is 0. The summed E-state index contributed by atoms with van der Waals surface area (Å²) in [6.45, 7) is 8.07. The minimum Gasteiger partial charge on any atom is -0.369 e. The number of piperazine rings is 1. The molecule has 0 aliphatic carbocycles. The van der Waals surface area contributed by atoms with Gasteiger partial charge >= 0.3 is 0 Å². The number of benzene rings is 3. The fourth-order valence-electron chi connectivity index (χ4n) is 5.61. The lowest BCUT2D eigenvalue weighted by Crippen LogP contribution is -2.47. The first kappa shape index (κ1) is 25.0. The summed E-state index contributed by atoms with van der Waals surface area (Å²) < 4.78 is 0. The Morgan fingerprint density at radius 1 is 0.865 bits per heavy atom. The Morgan fingerprint density at radius 3 is 2.19 bits per heavy atom. The molecular formula is C31H36N4O2. The Labute approximate surface area is 220 Å². The first-order valence-corrected chi connectivity index (χ1v) is 13.3. The normalized spacial score (nSPS) is 19.9. The summed E-state index contributed by atoms with van der Waals surface area (Å²) in [7, 11) is 2.15. The van der Waals surface area contributed by atoms with Gasteiger partial charge in [-0.3, -0.25) is 9.59 Å². The number of hydrogen-bond donors (Lipinski definition) is 0. The van der Waals surface area contributed by atoms with Crippen LogP contribution in [-0.2, 0) is 4.79 Å². The number of fused-ring (bicyclic) bond motifs is 1. The van der Waals surface area contributed by atoms with Crippen LogP contribution in [0.1, 0.15) is 48.7 Å². The van der Waals surface area contributed by atoms with Crippen molar-refractivity contribution in [1.29, 1.82) is 0 Å². The molecule has 2 heterocycles. The number of likely N-dealkylation sites (N-methyl/N-ethyl adjacent to an activating group) is 1. The first-order valence-electron chi connectivity index (χ1n) is 13.3. The Balaban J connectivity index is 1.45. The van der Waals surface area contributed by atoms with Crippen molar-refractivity contribution >= 4 is 28.9 Å². The number of carbonyl (C=O) groups excluding carboxylic acids is 2. The molecule has 2 amide bonds. The highest BCUT2D eigenvalue weighted by atomic mass is 16.2. The van der Waals surface area contributed by atoms with Crippen LogP contribution in [0, 0.1) is 0 Å². The zero-order valence-electron chi connectivity index (χ0n) is 22.0. The van der Waals surface area contributed by atoms with Crippen LogP contribution in [0.3, 0.4) is 0 Å². The van der Waals surface area contributed by atoms with Crippen molar-refractivity contribution in [2.75, 3.05) is 47.9 Å². The van der Waals surface area contributed by atoms with Gasteiger partial charge in [0, 0.05) is 61.3 Å². The van der Waals surface area contributed by atoms with Crippen LogP contribution in [0.4, 0.5) is 17.1 Å². The third-order valence-electron chi connectivity index (χ3n) is 7.68. The van der Waals surface area contributed by atoms with Gasteiger partial charge in [0.25, 0.3) is 5.91 Å². The van der Waals surface area contributed by atoms with Crippen LogP contribution in [0.2, 0.25) is 0 Å². The molecule has 2 atom stereocenters. The van der Waals surface area contributed by atoms with Crippen molar-refractivity contribution in [2.24, 2.45) is 0 Å². The van der Waals surface area contributed by atoms with E-state index in [4.69, 9.17) is 0 Å². The van der Waals surface area contributed by atoms with E-state index < -0.39 is 0 Å². The lowest BCUT2D eigenvalue weighted by molar-refractivity contribution is -0.118. The van der Waals surface area contributed by atoms with Crippen molar-refractivity contribution in [3.05, 3.63) is 90.0 Å². The molecule has 6 heteroatoms. The van der Waals surface area contributed by atoms with Crippen LogP contribution < -0.4 is 14.7 Å². The smallest absolute Gasteiger partial charge is 0.258 e. The van der Waals surface area contributed by atoms with Crippen molar-refractivity contribution in [2.45, 2.75) is 38.8 Å². The van der Waals surface area contributed by atoms with E-state index in [1.807, 2.05) is 77.4 Å². The Hall–Kier alpha value is -3.64. The standard InChI is InChI=1S/C31H36N4O2/c1-4-30(36)35(26-10-6-5-7-11-26)29-22-23(2)34(28-13-9-8-12-27(28)29)31(37)24-14-16-25(17-15-24)33-20-18-32(3)19-21-33/h5-17,23,29H,4,18-22H2,1-3H3. The number of carbonyl (C=O) groups is 2. The fourth-order valence-corrected chi connectivity index (χ4v) is 5.61. The highest BCUT2D eigenvalue weighted by Gasteiger charge is 2.38.